The van der Waals surface area contributed by atoms with Crippen molar-refractivity contribution >= 4 is 5.97 Å². The molecule has 0 amide bonds. The minimum atomic E-state index is -0.405. The van der Waals surface area contributed by atoms with Crippen LogP contribution in [0.3, 0.4) is 0 Å². The summed E-state index contributed by atoms with van der Waals surface area (Å²) in [6.07, 6.45) is 0. The zero-order valence-corrected chi connectivity index (χ0v) is 7.93. The minimum Gasteiger partial charge on any atom is -0.372 e. The molecule has 0 bridgehead atoms. The third-order valence-electron chi connectivity index (χ3n) is 2.55. The van der Waals surface area contributed by atoms with E-state index in [0.717, 1.165) is 17.7 Å². The molecule has 1 unspecified atom stereocenters. The van der Waals surface area contributed by atoms with Gasteiger partial charge in [-0.15, -0.1) is 0 Å². The molecule has 74 valence electrons. The highest BCUT2D eigenvalue weighted by molar-refractivity contribution is 5.78. The quantitative estimate of drug-likeness (QED) is 0.662. The molecule has 0 aromatic heterocycles. The number of likely N-dealkylation sites (N-methyl/N-ethyl adjacent to an activating group) is 1. The van der Waals surface area contributed by atoms with Crippen molar-refractivity contribution in [2.24, 2.45) is 5.90 Å². The summed E-state index contributed by atoms with van der Waals surface area (Å²) in [7, 11) is 1.88. The van der Waals surface area contributed by atoms with Crippen molar-refractivity contribution in [3.8, 4) is 0 Å². The van der Waals surface area contributed by atoms with Crippen molar-refractivity contribution in [2.75, 3.05) is 7.05 Å². The number of benzene rings is 1. The van der Waals surface area contributed by atoms with Crippen molar-refractivity contribution in [3.05, 3.63) is 35.4 Å². The predicted molar refractivity (Wildman–Crippen MR) is 50.9 cm³/mol. The molecule has 2 rings (SSSR count). The van der Waals surface area contributed by atoms with Gasteiger partial charge in [-0.25, -0.2) is 4.79 Å². The van der Waals surface area contributed by atoms with Crippen LogP contribution in [-0.4, -0.2) is 17.9 Å². The van der Waals surface area contributed by atoms with E-state index >= 15 is 0 Å². The van der Waals surface area contributed by atoms with E-state index in [-0.39, 0.29) is 6.04 Å². The third kappa shape index (κ3) is 1.29. The van der Waals surface area contributed by atoms with E-state index in [9.17, 15) is 4.79 Å². The van der Waals surface area contributed by atoms with Crippen molar-refractivity contribution in [1.82, 2.24) is 4.90 Å². The van der Waals surface area contributed by atoms with Crippen molar-refractivity contribution in [1.29, 1.82) is 0 Å². The number of rotatable bonds is 1. The standard InChI is InChI=1S/C10H12N2O2/c1-12-6-7-4-2-3-5-8(7)9(12)10(13)14-11/h2-5,9H,6,11H2,1H3. The molecule has 4 heteroatoms. The molecule has 0 aliphatic carbocycles. The Morgan fingerprint density at radius 3 is 3.00 bits per heavy atom. The molecule has 14 heavy (non-hydrogen) atoms. The molecular weight excluding hydrogens is 180 g/mol. The second-order valence-electron chi connectivity index (χ2n) is 3.45. The van der Waals surface area contributed by atoms with Gasteiger partial charge < -0.3 is 4.84 Å². The number of hydrogen-bond acceptors (Lipinski definition) is 4. The zero-order chi connectivity index (χ0) is 10.1. The summed E-state index contributed by atoms with van der Waals surface area (Å²) in [5.74, 6) is 4.49. The molecule has 1 aromatic rings. The predicted octanol–water partition coefficient (Wildman–Crippen LogP) is 0.590. The Kier molecular flexibility index (Phi) is 2.23. The maximum Gasteiger partial charge on any atom is 0.346 e. The summed E-state index contributed by atoms with van der Waals surface area (Å²) in [5, 5.41) is 0. The molecule has 0 radical (unpaired) electrons. The highest BCUT2D eigenvalue weighted by atomic mass is 16.7. The average molecular weight is 192 g/mol. The van der Waals surface area contributed by atoms with Gasteiger partial charge in [0.05, 0.1) is 0 Å². The maximum atomic E-state index is 11.4. The van der Waals surface area contributed by atoms with E-state index in [1.165, 1.54) is 0 Å². The van der Waals surface area contributed by atoms with Crippen LogP contribution in [0.15, 0.2) is 24.3 Å². The topological polar surface area (TPSA) is 55.6 Å². The van der Waals surface area contributed by atoms with Gasteiger partial charge in [-0.05, 0) is 18.2 Å². The van der Waals surface area contributed by atoms with E-state index in [2.05, 4.69) is 4.84 Å². The van der Waals surface area contributed by atoms with Gasteiger partial charge in [0.15, 0.2) is 0 Å². The zero-order valence-electron chi connectivity index (χ0n) is 7.93. The molecule has 0 saturated carbocycles. The van der Waals surface area contributed by atoms with Crippen molar-refractivity contribution < 1.29 is 9.63 Å². The first-order valence-corrected chi connectivity index (χ1v) is 4.42. The van der Waals surface area contributed by atoms with Crippen molar-refractivity contribution in [2.45, 2.75) is 12.6 Å². The van der Waals surface area contributed by atoms with Crippen LogP contribution in [0.25, 0.3) is 0 Å². The van der Waals surface area contributed by atoms with Crippen LogP contribution >= 0.6 is 0 Å². The third-order valence-corrected chi connectivity index (χ3v) is 2.55. The van der Waals surface area contributed by atoms with Crippen LogP contribution in [0.4, 0.5) is 0 Å². The first kappa shape index (κ1) is 9.18. The van der Waals surface area contributed by atoms with E-state index in [0.29, 0.717) is 0 Å². The molecule has 0 fully saturated rings. The summed E-state index contributed by atoms with van der Waals surface area (Å²) in [4.78, 5) is 17.6. The Balaban J connectivity index is 2.39. The molecule has 1 aromatic carbocycles. The van der Waals surface area contributed by atoms with Gasteiger partial charge in [0.1, 0.15) is 6.04 Å². The Bertz CT molecular complexity index is 365. The summed E-state index contributed by atoms with van der Waals surface area (Å²) in [6.45, 7) is 0.760. The van der Waals surface area contributed by atoms with E-state index in [1.807, 2.05) is 36.2 Å². The lowest BCUT2D eigenvalue weighted by Crippen LogP contribution is -2.28. The molecule has 1 aliphatic rings. The van der Waals surface area contributed by atoms with Crippen LogP contribution in [0.5, 0.6) is 0 Å². The maximum absolute atomic E-state index is 11.4. The first-order chi connectivity index (χ1) is 6.74. The number of hydrogen-bond donors (Lipinski definition) is 1. The van der Waals surface area contributed by atoms with Crippen LogP contribution in [0.2, 0.25) is 0 Å². The number of carbonyl (C=O) groups excluding carboxylic acids is 1. The normalized spacial score (nSPS) is 20.6. The van der Waals surface area contributed by atoms with Crippen LogP contribution < -0.4 is 5.90 Å². The molecule has 1 aliphatic heterocycles. The Labute approximate surface area is 82.2 Å². The van der Waals surface area contributed by atoms with Gasteiger partial charge in [-0.1, -0.05) is 24.3 Å². The molecule has 1 heterocycles. The molecule has 4 nitrogen and oxygen atoms in total. The fraction of sp³-hybridized carbons (Fsp3) is 0.300. The van der Waals surface area contributed by atoms with Crippen LogP contribution in [-0.2, 0) is 16.2 Å². The largest absolute Gasteiger partial charge is 0.372 e. The second-order valence-corrected chi connectivity index (χ2v) is 3.45. The summed E-state index contributed by atoms with van der Waals surface area (Å²) >= 11 is 0. The smallest absolute Gasteiger partial charge is 0.346 e. The first-order valence-electron chi connectivity index (χ1n) is 4.42. The summed E-state index contributed by atoms with van der Waals surface area (Å²) in [6, 6.07) is 7.46. The Hall–Kier alpha value is -1.39. The highest BCUT2D eigenvalue weighted by Crippen LogP contribution is 2.32. The number of carbonyl (C=O) groups is 1. The number of fused-ring (bicyclic) bond motifs is 1. The van der Waals surface area contributed by atoms with Gasteiger partial charge in [-0.3, -0.25) is 4.90 Å². The lowest BCUT2D eigenvalue weighted by molar-refractivity contribution is -0.150. The molecule has 2 N–H and O–H groups in total. The molecular formula is C10H12N2O2. The summed E-state index contributed by atoms with van der Waals surface area (Å²) < 4.78 is 0. The van der Waals surface area contributed by atoms with Crippen LogP contribution in [0, 0.1) is 0 Å². The average Bonchev–Trinajstić information content (AvgIpc) is 2.53. The highest BCUT2D eigenvalue weighted by Gasteiger charge is 2.33. The van der Waals surface area contributed by atoms with Gasteiger partial charge in [-0.2, -0.15) is 5.90 Å². The fourth-order valence-corrected chi connectivity index (χ4v) is 1.91. The summed E-state index contributed by atoms with van der Waals surface area (Å²) in [5.41, 5.74) is 2.15. The number of nitrogens with zero attached hydrogens (tertiary/aromatic N) is 1. The minimum absolute atomic E-state index is 0.351. The lowest BCUT2D eigenvalue weighted by atomic mass is 10.1. The second kappa shape index (κ2) is 3.40. The van der Waals surface area contributed by atoms with Crippen LogP contribution in [0.1, 0.15) is 17.2 Å². The van der Waals surface area contributed by atoms with E-state index in [4.69, 9.17) is 5.90 Å². The Morgan fingerprint density at radius 2 is 2.29 bits per heavy atom. The molecule has 1 atom stereocenters. The van der Waals surface area contributed by atoms with Crippen molar-refractivity contribution in [3.63, 3.8) is 0 Å². The van der Waals surface area contributed by atoms with Gasteiger partial charge in [0.2, 0.25) is 0 Å². The van der Waals surface area contributed by atoms with Gasteiger partial charge >= 0.3 is 5.97 Å². The van der Waals surface area contributed by atoms with E-state index < -0.39 is 5.97 Å². The lowest BCUT2D eigenvalue weighted by Gasteiger charge is -2.16. The molecule has 0 spiro atoms. The molecule has 0 saturated heterocycles. The monoisotopic (exact) mass is 192 g/mol. The SMILES string of the molecule is CN1Cc2ccccc2C1C(=O)ON. The van der Waals surface area contributed by atoms with Gasteiger partial charge in [0, 0.05) is 6.54 Å². The fourth-order valence-electron chi connectivity index (χ4n) is 1.91. The van der Waals surface area contributed by atoms with Gasteiger partial charge in [0.25, 0.3) is 0 Å². The van der Waals surface area contributed by atoms with E-state index in [1.54, 1.807) is 0 Å². The Morgan fingerprint density at radius 1 is 1.57 bits per heavy atom. The number of nitrogens with two attached hydrogens (primary N) is 1.